The highest BCUT2D eigenvalue weighted by molar-refractivity contribution is 7.93. The normalized spacial score (nSPS) is 15.9. The zero-order chi connectivity index (χ0) is 26.0. The fourth-order valence-corrected chi connectivity index (χ4v) is 5.95. The Hall–Kier alpha value is -2.99. The molecule has 1 aromatic carbocycles. The van der Waals surface area contributed by atoms with Crippen molar-refractivity contribution in [1.29, 1.82) is 5.41 Å². The van der Waals surface area contributed by atoms with Gasteiger partial charge in [-0.3, -0.25) is 16.1 Å². The molecule has 1 aliphatic rings. The topological polar surface area (TPSA) is 144 Å². The molecule has 2 aromatic heterocycles. The Balaban J connectivity index is 1.55. The van der Waals surface area contributed by atoms with Crippen LogP contribution in [0.5, 0.6) is 5.75 Å². The Bertz CT molecular complexity index is 1410. The summed E-state index contributed by atoms with van der Waals surface area (Å²) >= 11 is 12.3. The van der Waals surface area contributed by atoms with Crippen LogP contribution in [0.4, 0.5) is 15.9 Å². The van der Waals surface area contributed by atoms with Crippen LogP contribution >= 0.6 is 23.2 Å². The van der Waals surface area contributed by atoms with Gasteiger partial charge in [-0.2, -0.15) is 0 Å². The summed E-state index contributed by atoms with van der Waals surface area (Å²) in [4.78, 5) is 9.87. The zero-order valence-corrected chi connectivity index (χ0v) is 21.6. The molecule has 190 valence electrons. The molecule has 4 rings (SSSR count). The van der Waals surface area contributed by atoms with Gasteiger partial charge < -0.3 is 15.4 Å². The number of aromatic nitrogens is 2. The Morgan fingerprint density at radius 2 is 1.89 bits per heavy atom. The minimum atomic E-state index is -2.23. The Morgan fingerprint density at radius 1 is 1.22 bits per heavy atom. The highest BCUT2D eigenvalue weighted by Crippen LogP contribution is 2.31. The number of ether oxygens (including phenoxy) is 1. The average Bonchev–Trinajstić information content (AvgIpc) is 2.85. The van der Waals surface area contributed by atoms with E-state index in [1.54, 1.807) is 24.1 Å². The first kappa shape index (κ1) is 26.1. The van der Waals surface area contributed by atoms with Crippen LogP contribution in [0.15, 0.2) is 47.2 Å². The molecule has 5 N–H and O–H groups in total. The van der Waals surface area contributed by atoms with Crippen LogP contribution in [0, 0.1) is 11.2 Å². The number of hydrogen-bond acceptors (Lipinski definition) is 9. The second kappa shape index (κ2) is 10.6. The number of halogens is 3. The summed E-state index contributed by atoms with van der Waals surface area (Å²) in [6.45, 7) is 0.768. The SMILES string of the molecule is CN=S1(=O)CCN(c2ncc(C(=N)c3cc(O[C@H](N)c4c(Cl)cncc4Cl)ccc3N)cc2F)CC1. The quantitative estimate of drug-likeness (QED) is 0.239. The summed E-state index contributed by atoms with van der Waals surface area (Å²) in [5.74, 6) is 0.566. The number of hydrogen-bond donors (Lipinski definition) is 3. The first-order valence-corrected chi connectivity index (χ1v) is 13.4. The Kier molecular flexibility index (Phi) is 7.65. The van der Waals surface area contributed by atoms with E-state index >= 15 is 4.39 Å². The number of nitrogen functional groups attached to an aromatic ring is 1. The van der Waals surface area contributed by atoms with Crippen LogP contribution in [0.25, 0.3) is 0 Å². The van der Waals surface area contributed by atoms with Gasteiger partial charge in [-0.15, -0.1) is 0 Å². The Morgan fingerprint density at radius 3 is 2.50 bits per heavy atom. The molecule has 3 aromatic rings. The van der Waals surface area contributed by atoms with Gasteiger partial charge in [-0.05, 0) is 24.3 Å². The number of anilines is 2. The fourth-order valence-electron chi connectivity index (χ4n) is 3.79. The van der Waals surface area contributed by atoms with E-state index in [0.717, 1.165) is 0 Å². The number of rotatable bonds is 6. The van der Waals surface area contributed by atoms with Crippen molar-refractivity contribution in [2.75, 3.05) is 42.3 Å². The van der Waals surface area contributed by atoms with E-state index in [4.69, 9.17) is 44.8 Å². The standard InChI is InChI=1S/C23H24Cl2FN7O2S/c1-30-36(34)6-4-33(5-7-36)23-18(26)8-13(10-32-23)21(28)15-9-14(2-3-19(15)27)35-22(29)20-16(24)11-31-12-17(20)25/h2-3,8-12,22,28H,4-7,27,29H2,1H3/t22-/m0/s1. The predicted octanol–water partition coefficient (Wildman–Crippen LogP) is 3.87. The van der Waals surface area contributed by atoms with Gasteiger partial charge in [0.05, 0.1) is 15.8 Å². The van der Waals surface area contributed by atoms with Gasteiger partial charge in [0.15, 0.2) is 17.9 Å². The number of benzene rings is 1. The fraction of sp³-hybridized carbons (Fsp3) is 0.261. The van der Waals surface area contributed by atoms with E-state index in [9.17, 15) is 4.21 Å². The van der Waals surface area contributed by atoms with E-state index in [1.807, 2.05) is 0 Å². The average molecular weight is 552 g/mol. The lowest BCUT2D eigenvalue weighted by Gasteiger charge is -2.29. The van der Waals surface area contributed by atoms with E-state index in [2.05, 4.69) is 14.3 Å². The summed E-state index contributed by atoms with van der Waals surface area (Å²) in [7, 11) is -0.691. The van der Waals surface area contributed by atoms with Crippen LogP contribution in [0.1, 0.15) is 22.9 Å². The van der Waals surface area contributed by atoms with Gasteiger partial charge in [0.2, 0.25) is 0 Å². The lowest BCUT2D eigenvalue weighted by atomic mass is 10.0. The van der Waals surface area contributed by atoms with Crippen LogP contribution < -0.4 is 21.1 Å². The minimum absolute atomic E-state index is 0.0455. The molecule has 0 spiro atoms. The van der Waals surface area contributed by atoms with Crippen LogP contribution in [0.3, 0.4) is 0 Å². The molecule has 0 unspecified atom stereocenters. The van der Waals surface area contributed by atoms with E-state index in [-0.39, 0.29) is 27.1 Å². The van der Waals surface area contributed by atoms with Gasteiger partial charge >= 0.3 is 0 Å². The maximum atomic E-state index is 15.0. The molecule has 9 nitrogen and oxygen atoms in total. The van der Waals surface area contributed by atoms with Gasteiger partial charge in [0, 0.05) is 82.3 Å². The first-order valence-electron chi connectivity index (χ1n) is 10.8. The molecule has 1 aliphatic heterocycles. The first-order chi connectivity index (χ1) is 17.1. The number of nitrogens with zero attached hydrogens (tertiary/aromatic N) is 4. The molecule has 0 radical (unpaired) electrons. The van der Waals surface area contributed by atoms with E-state index in [1.165, 1.54) is 30.7 Å². The number of pyridine rings is 2. The lowest BCUT2D eigenvalue weighted by molar-refractivity contribution is 0.214. The maximum Gasteiger partial charge on any atom is 0.177 e. The maximum absolute atomic E-state index is 15.0. The third-order valence-electron chi connectivity index (χ3n) is 5.84. The van der Waals surface area contributed by atoms with Crippen molar-refractivity contribution in [3.63, 3.8) is 0 Å². The third-order valence-corrected chi connectivity index (χ3v) is 8.74. The molecule has 0 saturated carbocycles. The van der Waals surface area contributed by atoms with Crippen LogP contribution in [-0.4, -0.2) is 51.5 Å². The molecule has 0 bridgehead atoms. The van der Waals surface area contributed by atoms with Crippen molar-refractivity contribution < 1.29 is 13.3 Å². The zero-order valence-electron chi connectivity index (χ0n) is 19.2. The second-order valence-electron chi connectivity index (χ2n) is 8.06. The van der Waals surface area contributed by atoms with E-state index < -0.39 is 21.8 Å². The van der Waals surface area contributed by atoms with Gasteiger partial charge in [0.25, 0.3) is 0 Å². The predicted molar refractivity (Wildman–Crippen MR) is 141 cm³/mol. The lowest BCUT2D eigenvalue weighted by Crippen LogP contribution is -2.41. The molecule has 1 saturated heterocycles. The summed E-state index contributed by atoms with van der Waals surface area (Å²) < 4.78 is 37.2. The third kappa shape index (κ3) is 5.39. The molecule has 1 fully saturated rings. The highest BCUT2D eigenvalue weighted by atomic mass is 35.5. The largest absolute Gasteiger partial charge is 0.471 e. The highest BCUT2D eigenvalue weighted by Gasteiger charge is 2.24. The van der Waals surface area contributed by atoms with Crippen molar-refractivity contribution in [3.05, 3.63) is 75.4 Å². The van der Waals surface area contributed by atoms with E-state index in [0.29, 0.717) is 47.2 Å². The number of nitrogens with two attached hydrogens (primary N) is 2. The minimum Gasteiger partial charge on any atom is -0.471 e. The summed E-state index contributed by atoms with van der Waals surface area (Å²) in [6.07, 6.45) is 3.22. The molecule has 0 amide bonds. The van der Waals surface area contributed by atoms with Crippen LogP contribution in [-0.2, 0) is 9.73 Å². The molecule has 3 heterocycles. The van der Waals surface area contributed by atoms with Crippen LogP contribution in [0.2, 0.25) is 10.0 Å². The molecular weight excluding hydrogens is 528 g/mol. The smallest absolute Gasteiger partial charge is 0.177 e. The van der Waals surface area contributed by atoms with Crippen molar-refractivity contribution in [2.45, 2.75) is 6.23 Å². The van der Waals surface area contributed by atoms with Gasteiger partial charge in [-0.25, -0.2) is 17.9 Å². The molecule has 36 heavy (non-hydrogen) atoms. The van der Waals surface area contributed by atoms with Crippen molar-refractivity contribution in [2.24, 2.45) is 10.1 Å². The van der Waals surface area contributed by atoms with Gasteiger partial charge in [-0.1, -0.05) is 23.2 Å². The molecule has 0 aliphatic carbocycles. The molecule has 13 heteroatoms. The number of nitrogens with one attached hydrogen (secondary N) is 1. The summed E-state index contributed by atoms with van der Waals surface area (Å²) in [5.41, 5.74) is 13.4. The molecule has 1 atom stereocenters. The summed E-state index contributed by atoms with van der Waals surface area (Å²) in [6, 6.07) is 5.91. The van der Waals surface area contributed by atoms with Gasteiger partial charge in [0.1, 0.15) is 5.75 Å². The summed E-state index contributed by atoms with van der Waals surface area (Å²) in [5, 5.41) is 9.12. The monoisotopic (exact) mass is 551 g/mol. The van der Waals surface area contributed by atoms with Crippen molar-refractivity contribution in [1.82, 2.24) is 9.97 Å². The van der Waals surface area contributed by atoms with Crippen molar-refractivity contribution in [3.8, 4) is 5.75 Å². The second-order valence-corrected chi connectivity index (χ2v) is 11.6. The van der Waals surface area contributed by atoms with Crippen molar-refractivity contribution >= 4 is 50.1 Å². The molecular formula is C23H24Cl2FN7O2S. The Labute approximate surface area is 218 Å².